The zero-order valence-electron chi connectivity index (χ0n) is 20.1. The van der Waals surface area contributed by atoms with Crippen molar-refractivity contribution >= 4 is 55.4 Å². The number of pyridine rings is 1. The number of hydrogen-bond donors (Lipinski definition) is 3. The molecule has 5 rings (SSSR count). The SMILES string of the molecule is C=CC(=O)Nc1cc(-c2ccc3c(ccc4sc5c(c43)NCC(C)N=C5N)n2)ccc1OCCOC. The highest BCUT2D eigenvalue weighted by Gasteiger charge is 2.21. The topological polar surface area (TPSA) is 111 Å². The third kappa shape index (κ3) is 4.50. The molecular weight excluding hydrogens is 474 g/mol. The van der Waals surface area contributed by atoms with Crippen LogP contribution in [0.25, 0.3) is 32.2 Å². The maximum atomic E-state index is 12.0. The molecule has 1 atom stereocenters. The first kappa shape index (κ1) is 23.8. The number of carbonyl (C=O) groups is 1. The van der Waals surface area contributed by atoms with Gasteiger partial charge in [-0.05, 0) is 55.5 Å². The van der Waals surface area contributed by atoms with Gasteiger partial charge in [0.15, 0.2) is 0 Å². The van der Waals surface area contributed by atoms with Gasteiger partial charge in [-0.15, -0.1) is 11.3 Å². The van der Waals surface area contributed by atoms with Crippen LogP contribution in [0.4, 0.5) is 11.4 Å². The minimum atomic E-state index is -0.319. The Morgan fingerprint density at radius 1 is 1.28 bits per heavy atom. The number of carbonyl (C=O) groups excluding carboxylic acids is 1. The Balaban J connectivity index is 1.56. The van der Waals surface area contributed by atoms with Gasteiger partial charge in [-0.1, -0.05) is 6.58 Å². The van der Waals surface area contributed by atoms with Crippen molar-refractivity contribution in [3.63, 3.8) is 0 Å². The fourth-order valence-corrected chi connectivity index (χ4v) is 5.34. The van der Waals surface area contributed by atoms with Gasteiger partial charge < -0.3 is 25.8 Å². The van der Waals surface area contributed by atoms with Gasteiger partial charge in [0.25, 0.3) is 0 Å². The lowest BCUT2D eigenvalue weighted by Crippen LogP contribution is -2.15. The third-order valence-electron chi connectivity index (χ3n) is 5.95. The summed E-state index contributed by atoms with van der Waals surface area (Å²) in [6.45, 7) is 7.11. The van der Waals surface area contributed by atoms with Crippen LogP contribution < -0.4 is 21.1 Å². The quantitative estimate of drug-likeness (QED) is 0.248. The molecule has 1 aliphatic heterocycles. The number of benzene rings is 2. The van der Waals surface area contributed by atoms with Crippen molar-refractivity contribution < 1.29 is 14.3 Å². The number of fused-ring (bicyclic) bond motifs is 5. The molecule has 0 saturated heterocycles. The van der Waals surface area contributed by atoms with E-state index >= 15 is 0 Å². The minimum absolute atomic E-state index is 0.108. The van der Waals surface area contributed by atoms with Gasteiger partial charge >= 0.3 is 0 Å². The summed E-state index contributed by atoms with van der Waals surface area (Å²) >= 11 is 1.64. The van der Waals surface area contributed by atoms with E-state index in [1.165, 1.54) is 6.08 Å². The number of aromatic nitrogens is 1. The van der Waals surface area contributed by atoms with Crippen LogP contribution in [0.3, 0.4) is 0 Å². The van der Waals surface area contributed by atoms with E-state index in [-0.39, 0.29) is 11.9 Å². The molecular formula is C27H27N5O3S. The van der Waals surface area contributed by atoms with Crippen molar-refractivity contribution in [2.75, 3.05) is 37.5 Å². The lowest BCUT2D eigenvalue weighted by molar-refractivity contribution is -0.111. The van der Waals surface area contributed by atoms with Crippen LogP contribution in [-0.2, 0) is 9.53 Å². The van der Waals surface area contributed by atoms with Crippen molar-refractivity contribution in [1.82, 2.24) is 4.98 Å². The van der Waals surface area contributed by atoms with Crippen molar-refractivity contribution in [3.05, 3.63) is 60.0 Å². The van der Waals surface area contributed by atoms with Crippen LogP contribution in [-0.4, -0.2) is 49.6 Å². The third-order valence-corrected chi connectivity index (χ3v) is 7.13. The fraction of sp³-hybridized carbons (Fsp3) is 0.222. The molecule has 2 aromatic heterocycles. The highest BCUT2D eigenvalue weighted by atomic mass is 32.1. The lowest BCUT2D eigenvalue weighted by atomic mass is 10.1. The van der Waals surface area contributed by atoms with E-state index in [4.69, 9.17) is 20.2 Å². The number of nitrogens with zero attached hydrogens (tertiary/aromatic N) is 2. The molecule has 4 aromatic rings. The molecule has 0 radical (unpaired) electrons. The number of aliphatic imine (C=N–C) groups is 1. The molecule has 2 aromatic carbocycles. The highest BCUT2D eigenvalue weighted by Crippen LogP contribution is 2.41. The van der Waals surface area contributed by atoms with Crippen LogP contribution in [0.1, 0.15) is 11.8 Å². The number of ether oxygens (including phenoxy) is 2. The first-order valence-electron chi connectivity index (χ1n) is 11.6. The van der Waals surface area contributed by atoms with E-state index < -0.39 is 0 Å². The molecule has 1 aliphatic rings. The Hall–Kier alpha value is -3.95. The van der Waals surface area contributed by atoms with Crippen LogP contribution in [0.5, 0.6) is 5.75 Å². The number of nitrogens with one attached hydrogen (secondary N) is 2. The molecule has 184 valence electrons. The molecule has 1 unspecified atom stereocenters. The van der Waals surface area contributed by atoms with Crippen molar-refractivity contribution in [1.29, 1.82) is 0 Å². The molecule has 0 spiro atoms. The fourth-order valence-electron chi connectivity index (χ4n) is 4.23. The summed E-state index contributed by atoms with van der Waals surface area (Å²) in [6.07, 6.45) is 1.22. The average Bonchev–Trinajstić information content (AvgIpc) is 3.20. The standard InChI is InChI=1S/C27H27N5O3S/c1-4-23(33)32-20-13-16(5-9-21(20)35-12-11-34-3)18-7-6-17-19(31-18)8-10-22-24(17)25-26(36-22)27(28)30-15(2)14-29-25/h4-10,13,15,29H,1,11-12,14H2,2-3H3,(H2,28,30)(H,32,33). The highest BCUT2D eigenvalue weighted by molar-refractivity contribution is 7.21. The van der Waals surface area contributed by atoms with Crippen LogP contribution in [0, 0.1) is 0 Å². The van der Waals surface area contributed by atoms with E-state index in [0.717, 1.165) is 49.4 Å². The first-order valence-corrected chi connectivity index (χ1v) is 12.4. The number of nitrogens with two attached hydrogens (primary N) is 1. The zero-order valence-corrected chi connectivity index (χ0v) is 20.9. The largest absolute Gasteiger partial charge is 0.489 e. The predicted molar refractivity (Wildman–Crippen MR) is 147 cm³/mol. The van der Waals surface area contributed by atoms with Gasteiger partial charge in [-0.25, -0.2) is 4.98 Å². The van der Waals surface area contributed by atoms with E-state index in [2.05, 4.69) is 34.3 Å². The van der Waals surface area contributed by atoms with E-state index in [0.29, 0.717) is 30.5 Å². The Morgan fingerprint density at radius 3 is 2.94 bits per heavy atom. The molecule has 0 bridgehead atoms. The summed E-state index contributed by atoms with van der Waals surface area (Å²) in [5.41, 5.74) is 10.4. The van der Waals surface area contributed by atoms with Gasteiger partial charge in [-0.2, -0.15) is 0 Å². The maximum Gasteiger partial charge on any atom is 0.247 e. The van der Waals surface area contributed by atoms with Gasteiger partial charge in [0.2, 0.25) is 5.91 Å². The number of anilines is 2. The molecule has 8 nitrogen and oxygen atoms in total. The molecule has 9 heteroatoms. The van der Waals surface area contributed by atoms with Crippen molar-refractivity contribution in [2.45, 2.75) is 13.0 Å². The van der Waals surface area contributed by atoms with Gasteiger partial charge in [0, 0.05) is 34.7 Å². The second-order valence-corrected chi connectivity index (χ2v) is 9.55. The van der Waals surface area contributed by atoms with Crippen molar-refractivity contribution in [2.24, 2.45) is 10.7 Å². The summed E-state index contributed by atoms with van der Waals surface area (Å²) in [6, 6.07) is 13.9. The average molecular weight is 502 g/mol. The Morgan fingerprint density at radius 2 is 2.14 bits per heavy atom. The molecule has 0 fully saturated rings. The number of methoxy groups -OCH3 is 1. The summed E-state index contributed by atoms with van der Waals surface area (Å²) in [5, 5.41) is 8.52. The number of thiophene rings is 1. The van der Waals surface area contributed by atoms with Gasteiger partial charge in [0.1, 0.15) is 18.2 Å². The van der Waals surface area contributed by atoms with Crippen LogP contribution in [0.2, 0.25) is 0 Å². The number of rotatable bonds is 7. The van der Waals surface area contributed by atoms with E-state index in [1.807, 2.05) is 37.3 Å². The molecule has 0 saturated carbocycles. The monoisotopic (exact) mass is 501 g/mol. The smallest absolute Gasteiger partial charge is 0.247 e. The normalized spacial score (nSPS) is 15.1. The zero-order chi connectivity index (χ0) is 25.2. The summed E-state index contributed by atoms with van der Waals surface area (Å²) in [4.78, 5) is 22.5. The Kier molecular flexibility index (Phi) is 6.58. The summed E-state index contributed by atoms with van der Waals surface area (Å²) in [7, 11) is 1.61. The van der Waals surface area contributed by atoms with E-state index in [9.17, 15) is 4.79 Å². The van der Waals surface area contributed by atoms with Crippen molar-refractivity contribution in [3.8, 4) is 17.0 Å². The van der Waals surface area contributed by atoms with Gasteiger partial charge in [0.05, 0.1) is 40.1 Å². The summed E-state index contributed by atoms with van der Waals surface area (Å²) in [5.74, 6) is 0.803. The minimum Gasteiger partial charge on any atom is -0.489 e. The molecule has 36 heavy (non-hydrogen) atoms. The molecule has 1 amide bonds. The summed E-state index contributed by atoms with van der Waals surface area (Å²) < 4.78 is 12.0. The second-order valence-electron chi connectivity index (χ2n) is 8.50. The molecule has 4 N–H and O–H groups in total. The van der Waals surface area contributed by atoms with Gasteiger partial charge in [-0.3, -0.25) is 9.79 Å². The Bertz CT molecular complexity index is 1510. The maximum absolute atomic E-state index is 12.0. The number of amidine groups is 1. The molecule has 0 aliphatic carbocycles. The number of amides is 1. The first-order chi connectivity index (χ1) is 17.5. The lowest BCUT2D eigenvalue weighted by Gasteiger charge is -2.14. The predicted octanol–water partition coefficient (Wildman–Crippen LogP) is 4.79. The second kappa shape index (κ2) is 9.96. The number of hydrogen-bond acceptors (Lipinski definition) is 8. The molecule has 3 heterocycles. The van der Waals surface area contributed by atoms with E-state index in [1.54, 1.807) is 18.4 Å². The van der Waals surface area contributed by atoms with Crippen LogP contribution >= 0.6 is 11.3 Å². The van der Waals surface area contributed by atoms with Crippen LogP contribution in [0.15, 0.2) is 60.1 Å². The Labute approximate surface area is 212 Å².